The molecule has 0 spiro atoms. The summed E-state index contributed by atoms with van der Waals surface area (Å²) in [6.45, 7) is 14.4. The molecule has 128 valence electrons. The molecule has 0 aromatic heterocycles. The van der Waals surface area contributed by atoms with Gasteiger partial charge in [0.1, 0.15) is 0 Å². The van der Waals surface area contributed by atoms with Crippen molar-refractivity contribution in [3.8, 4) is 0 Å². The largest absolute Gasteiger partial charge is 0.515 e. The molecule has 0 aliphatic heterocycles. The molecule has 0 rings (SSSR count). The number of hydrogen-bond acceptors (Lipinski definition) is 4. The van der Waals surface area contributed by atoms with Crippen LogP contribution in [-0.4, -0.2) is 32.0 Å². The first kappa shape index (κ1) is 21.4. The van der Waals surface area contributed by atoms with Gasteiger partial charge in [-0.25, -0.2) is 0 Å². The minimum absolute atomic E-state index is 0.0431. The lowest BCUT2D eigenvalue weighted by Crippen LogP contribution is -2.58. The first-order valence-corrected chi connectivity index (χ1v) is 10.8. The molecular weight excluding hydrogens is 300 g/mol. The molecule has 0 aromatic rings. The van der Waals surface area contributed by atoms with E-state index in [1.807, 2.05) is 41.5 Å². The molecule has 5 heteroatoms. The Balaban J connectivity index is 4.92. The summed E-state index contributed by atoms with van der Waals surface area (Å²) < 4.78 is 18.6. The van der Waals surface area contributed by atoms with Crippen LogP contribution in [0.1, 0.15) is 80.6 Å². The Morgan fingerprint density at radius 3 is 1.52 bits per heavy atom. The van der Waals surface area contributed by atoms with Crippen LogP contribution in [-0.2, 0) is 13.3 Å². The Labute approximate surface area is 138 Å². The maximum absolute atomic E-state index is 6.20. The van der Waals surface area contributed by atoms with Gasteiger partial charge >= 0.3 is 8.80 Å². The summed E-state index contributed by atoms with van der Waals surface area (Å²) in [5.74, 6) is 0. The van der Waals surface area contributed by atoms with Crippen molar-refractivity contribution in [2.75, 3.05) is 0 Å². The minimum atomic E-state index is -2.78. The van der Waals surface area contributed by atoms with Gasteiger partial charge in [-0.3, -0.25) is 0 Å². The van der Waals surface area contributed by atoms with Crippen LogP contribution in [0.3, 0.4) is 0 Å². The van der Waals surface area contributed by atoms with Gasteiger partial charge in [0.25, 0.3) is 0 Å². The molecule has 0 radical (unpaired) electrons. The van der Waals surface area contributed by atoms with E-state index in [9.17, 15) is 0 Å². The van der Waals surface area contributed by atoms with Gasteiger partial charge in [-0.15, -0.1) is 0 Å². The van der Waals surface area contributed by atoms with Crippen molar-refractivity contribution in [2.45, 2.75) is 104 Å². The fraction of sp³-hybridized carbons (Fsp3) is 1.00. The summed E-state index contributed by atoms with van der Waals surface area (Å²) in [5, 5.41) is 0. The van der Waals surface area contributed by atoms with Gasteiger partial charge in [0.15, 0.2) is 0 Å². The van der Waals surface area contributed by atoms with Gasteiger partial charge in [-0.2, -0.15) is 12.6 Å². The standard InChI is InChI=1S/C16H36O3SSi/c1-8-9-10-11-12-16(20)21(17-13(2)3,18-14(4)5)19-15(6)7/h13-16,20H,8-12H2,1-7H3. The van der Waals surface area contributed by atoms with E-state index in [0.717, 1.165) is 12.8 Å². The van der Waals surface area contributed by atoms with Crippen molar-refractivity contribution < 1.29 is 13.3 Å². The summed E-state index contributed by atoms with van der Waals surface area (Å²) in [6.07, 6.45) is 6.15. The van der Waals surface area contributed by atoms with E-state index < -0.39 is 8.80 Å². The molecule has 0 saturated carbocycles. The molecule has 0 bridgehead atoms. The molecule has 3 nitrogen and oxygen atoms in total. The van der Waals surface area contributed by atoms with E-state index in [4.69, 9.17) is 25.9 Å². The summed E-state index contributed by atoms with van der Waals surface area (Å²) in [7, 11) is -2.78. The number of rotatable bonds is 12. The Kier molecular flexibility index (Phi) is 11.3. The first-order chi connectivity index (χ1) is 9.73. The molecule has 1 unspecified atom stereocenters. The van der Waals surface area contributed by atoms with Gasteiger partial charge in [-0.1, -0.05) is 32.6 Å². The highest BCUT2D eigenvalue weighted by Gasteiger charge is 2.50. The molecule has 0 aromatic carbocycles. The fourth-order valence-electron chi connectivity index (χ4n) is 2.25. The fourth-order valence-corrected chi connectivity index (χ4v) is 6.14. The maximum atomic E-state index is 6.20. The topological polar surface area (TPSA) is 27.7 Å². The molecule has 0 N–H and O–H groups in total. The van der Waals surface area contributed by atoms with Crippen molar-refractivity contribution in [1.29, 1.82) is 0 Å². The average Bonchev–Trinajstić information content (AvgIpc) is 2.31. The minimum Gasteiger partial charge on any atom is -0.370 e. The van der Waals surface area contributed by atoms with Gasteiger partial charge in [0.05, 0.1) is 4.87 Å². The molecular formula is C16H36O3SSi. The van der Waals surface area contributed by atoms with E-state index in [1.165, 1.54) is 19.3 Å². The summed E-state index contributed by atoms with van der Waals surface area (Å²) >= 11 is 4.82. The summed E-state index contributed by atoms with van der Waals surface area (Å²) in [4.78, 5) is 0.0431. The van der Waals surface area contributed by atoms with Crippen LogP contribution >= 0.6 is 12.6 Å². The van der Waals surface area contributed by atoms with Crippen LogP contribution in [0.4, 0.5) is 0 Å². The van der Waals surface area contributed by atoms with E-state index in [0.29, 0.717) is 0 Å². The normalized spacial score (nSPS) is 14.4. The molecule has 0 aliphatic carbocycles. The van der Waals surface area contributed by atoms with Crippen molar-refractivity contribution in [2.24, 2.45) is 0 Å². The zero-order valence-corrected chi connectivity index (χ0v) is 16.9. The third-order valence-corrected chi connectivity index (χ3v) is 7.65. The lowest BCUT2D eigenvalue weighted by molar-refractivity contribution is 0.00129. The molecule has 0 saturated heterocycles. The third-order valence-electron chi connectivity index (χ3n) is 2.94. The monoisotopic (exact) mass is 336 g/mol. The SMILES string of the molecule is CCCCCCC(S)[Si](OC(C)C)(OC(C)C)OC(C)C. The van der Waals surface area contributed by atoms with Gasteiger partial charge in [0.2, 0.25) is 0 Å². The summed E-state index contributed by atoms with van der Waals surface area (Å²) in [6, 6.07) is 0. The average molecular weight is 337 g/mol. The van der Waals surface area contributed by atoms with Crippen LogP contribution in [0.2, 0.25) is 0 Å². The first-order valence-electron chi connectivity index (χ1n) is 8.45. The second-order valence-electron chi connectivity index (χ2n) is 6.47. The van der Waals surface area contributed by atoms with Crippen LogP contribution < -0.4 is 0 Å². The third kappa shape index (κ3) is 9.24. The molecule has 0 fully saturated rings. The Hall–Kier alpha value is 0.447. The van der Waals surface area contributed by atoms with Crippen molar-refractivity contribution in [1.82, 2.24) is 0 Å². The number of unbranched alkanes of at least 4 members (excludes halogenated alkanes) is 3. The molecule has 0 heterocycles. The molecule has 0 aliphatic rings. The van der Waals surface area contributed by atoms with Gasteiger partial charge in [-0.05, 0) is 48.0 Å². The Bertz CT molecular complexity index is 233. The number of thiol groups is 1. The van der Waals surface area contributed by atoms with Crippen molar-refractivity contribution in [3.63, 3.8) is 0 Å². The molecule has 21 heavy (non-hydrogen) atoms. The van der Waals surface area contributed by atoms with Crippen LogP contribution in [0, 0.1) is 0 Å². The van der Waals surface area contributed by atoms with Crippen LogP contribution in [0.25, 0.3) is 0 Å². The van der Waals surface area contributed by atoms with E-state index >= 15 is 0 Å². The quantitative estimate of drug-likeness (QED) is 0.308. The lowest BCUT2D eigenvalue weighted by atomic mass is 10.2. The zero-order chi connectivity index (χ0) is 16.5. The molecule has 0 amide bonds. The predicted molar refractivity (Wildman–Crippen MR) is 96.0 cm³/mol. The Morgan fingerprint density at radius 1 is 0.762 bits per heavy atom. The lowest BCUT2D eigenvalue weighted by Gasteiger charge is -2.38. The second kappa shape index (κ2) is 11.1. The highest BCUT2D eigenvalue weighted by molar-refractivity contribution is 7.83. The second-order valence-corrected chi connectivity index (χ2v) is 10.2. The predicted octanol–water partition coefficient (Wildman–Crippen LogP) is 5.01. The van der Waals surface area contributed by atoms with E-state index in [-0.39, 0.29) is 23.2 Å². The van der Waals surface area contributed by atoms with Crippen LogP contribution in [0.5, 0.6) is 0 Å². The van der Waals surface area contributed by atoms with Crippen molar-refractivity contribution in [3.05, 3.63) is 0 Å². The van der Waals surface area contributed by atoms with E-state index in [2.05, 4.69) is 6.92 Å². The van der Waals surface area contributed by atoms with Gasteiger partial charge in [0, 0.05) is 18.3 Å². The highest BCUT2D eigenvalue weighted by Crippen LogP contribution is 2.28. The highest BCUT2D eigenvalue weighted by atomic mass is 32.1. The van der Waals surface area contributed by atoms with Gasteiger partial charge < -0.3 is 13.3 Å². The number of hydrogen-bond donors (Lipinski definition) is 1. The van der Waals surface area contributed by atoms with E-state index in [1.54, 1.807) is 0 Å². The van der Waals surface area contributed by atoms with Crippen molar-refractivity contribution >= 4 is 21.4 Å². The maximum Gasteiger partial charge on any atom is 0.515 e. The molecule has 1 atom stereocenters. The van der Waals surface area contributed by atoms with Crippen LogP contribution in [0.15, 0.2) is 0 Å². The zero-order valence-electron chi connectivity index (χ0n) is 15.0. The smallest absolute Gasteiger partial charge is 0.370 e. The Morgan fingerprint density at radius 2 is 1.19 bits per heavy atom. The summed E-state index contributed by atoms with van der Waals surface area (Å²) in [5.41, 5.74) is 0.